The van der Waals surface area contributed by atoms with Gasteiger partial charge in [0.25, 0.3) is 0 Å². The maximum atomic E-state index is 10.0. The molecule has 10 heterocycles. The third-order valence-electron chi connectivity index (χ3n) is 28.6. The Kier molecular flexibility index (Phi) is 30.5. The van der Waals surface area contributed by atoms with Gasteiger partial charge in [-0.25, -0.2) is 0 Å². The van der Waals surface area contributed by atoms with E-state index in [1.165, 1.54) is 256 Å². The largest absolute Gasteiger partial charge is 0.512 e. The molecule has 4 aliphatic carbocycles. The van der Waals surface area contributed by atoms with Crippen molar-refractivity contribution in [3.05, 3.63) is 337 Å². The fourth-order valence-corrected chi connectivity index (χ4v) is 22.5. The van der Waals surface area contributed by atoms with Crippen LogP contribution in [0.25, 0.3) is 148 Å². The number of aryl methyl sites for hydroxylation is 3. The van der Waals surface area contributed by atoms with Crippen molar-refractivity contribution < 1.29 is 110 Å². The Labute approximate surface area is 852 Å². The molecule has 4 aliphatic rings. The summed E-state index contributed by atoms with van der Waals surface area (Å²) in [6.07, 6.45) is 41.8. The first kappa shape index (κ1) is 98.4. The number of imidazole rings is 5. The molecule has 0 bridgehead atoms. The third-order valence-corrected chi connectivity index (χ3v) is 28.6. The van der Waals surface area contributed by atoms with Gasteiger partial charge in [0, 0.05) is 195 Å². The number of rotatable bonds is 10. The number of aromatic nitrogens is 10. The van der Waals surface area contributed by atoms with E-state index in [0.717, 1.165) is 79.4 Å². The SMILES string of the molecule is CC(=O)C=C(C)O.CC1(Cc2ccc3c(c2)c2ccc[c-]c2c2nccn32)CCCC1.CC1(Cc2cn3c4ccccc4c4ccc[c-]c4c3n2)CCCC1.Cc1cccc(C)c1-c1cnc2c3[c-]cccc3c3cc(CC4(C)CCCC4)ccc3n12.Cc1cn2c3ccc(CC4(C)CCCC4)cc3c3ccc[c-]c3c2n1.[Ir].[Ir].[Ir].[Ir].[Ir].[c-]1cccc2c1c1nccn1c1ccccc21. The van der Waals surface area contributed by atoms with Crippen molar-refractivity contribution in [2.24, 2.45) is 21.7 Å². The van der Waals surface area contributed by atoms with Gasteiger partial charge in [-0.3, -0.25) is 29.7 Å². The topological polar surface area (TPSA) is 124 Å². The van der Waals surface area contributed by atoms with Gasteiger partial charge in [0.05, 0.1) is 39.7 Å². The summed E-state index contributed by atoms with van der Waals surface area (Å²) in [5, 5.41) is 26.5. The van der Waals surface area contributed by atoms with E-state index < -0.39 is 0 Å². The van der Waals surface area contributed by atoms with Crippen LogP contribution in [0.3, 0.4) is 0 Å². The van der Waals surface area contributed by atoms with Gasteiger partial charge in [0.2, 0.25) is 0 Å². The number of hydrogen-bond acceptors (Lipinski definition) is 7. The molecule has 0 amide bonds. The second kappa shape index (κ2) is 41.5. The van der Waals surface area contributed by atoms with Crippen LogP contribution >= 0.6 is 0 Å². The molecule has 0 unspecified atom stereocenters. The number of allylic oxidation sites excluding steroid dienone is 2. The number of nitrogens with zero attached hydrogens (tertiary/aromatic N) is 10. The van der Waals surface area contributed by atoms with Crippen molar-refractivity contribution in [3.8, 4) is 11.3 Å². The maximum Gasteiger partial charge on any atom is 0.155 e. The zero-order valence-corrected chi connectivity index (χ0v) is 89.4. The summed E-state index contributed by atoms with van der Waals surface area (Å²) in [5.41, 5.74) is 24.6. The second-order valence-electron chi connectivity index (χ2n) is 38.9. The predicted octanol–water partition coefficient (Wildman–Crippen LogP) is 29.3. The van der Waals surface area contributed by atoms with E-state index in [0.29, 0.717) is 21.7 Å². The molecular weight excluding hydrogens is 2540 g/mol. The van der Waals surface area contributed by atoms with Crippen LogP contribution in [-0.2, 0) is 131 Å². The maximum absolute atomic E-state index is 10.0. The molecule has 17 heteroatoms. The van der Waals surface area contributed by atoms with E-state index in [1.54, 1.807) is 0 Å². The zero-order chi connectivity index (χ0) is 88.3. The Hall–Kier alpha value is -10.1. The number of aliphatic hydroxyl groups is 1. The molecule has 0 aliphatic heterocycles. The minimum Gasteiger partial charge on any atom is -0.512 e. The first-order valence-electron chi connectivity index (χ1n) is 46.6. The fraction of sp³-hybridized carbons (Fsp3) is 0.282. The van der Waals surface area contributed by atoms with Crippen LogP contribution in [0.15, 0.2) is 268 Å². The van der Waals surface area contributed by atoms with Gasteiger partial charge in [-0.05, 0) is 218 Å². The Bertz CT molecular complexity index is 7760. The molecule has 691 valence electrons. The van der Waals surface area contributed by atoms with E-state index in [9.17, 15) is 4.79 Å². The Morgan fingerprint density at radius 3 is 1.13 bits per heavy atom. The van der Waals surface area contributed by atoms with Crippen molar-refractivity contribution in [1.82, 2.24) is 46.9 Å². The molecule has 0 spiro atoms. The molecule has 11 aromatic carbocycles. The van der Waals surface area contributed by atoms with Crippen LogP contribution in [0.1, 0.15) is 183 Å². The molecule has 1 N–H and O–H groups in total. The summed E-state index contributed by atoms with van der Waals surface area (Å²) >= 11 is 0. The molecule has 25 rings (SSSR count). The first-order valence-corrected chi connectivity index (χ1v) is 46.6. The molecule has 5 radical (unpaired) electrons. The Balaban J connectivity index is 0.000000125. The Morgan fingerprint density at radius 1 is 0.366 bits per heavy atom. The van der Waals surface area contributed by atoms with Crippen molar-refractivity contribution >= 4 is 142 Å². The quantitative estimate of drug-likeness (QED) is 0.0626. The fourth-order valence-electron chi connectivity index (χ4n) is 22.5. The second-order valence-corrected chi connectivity index (χ2v) is 38.9. The normalized spacial score (nSPS) is 15.2. The van der Waals surface area contributed by atoms with Crippen molar-refractivity contribution in [3.63, 3.8) is 0 Å². The standard InChI is InChI=1S/C30H29N2.C23H23N2.2C22H21N2.C15H9N2.C5H8O2.5Ir/c1-20-9-8-10-21(2)28(20)27-19-31-29-24-12-5-4-11-23(24)25-17-22(13-14-26(25)32(27)29)18-30(3)15-6-7-16-30;1-16-15-25-21-10-9-17(14-23(2)11-5-6-12-23)13-20(21)18-7-3-4-8-19(18)22(25)24-16;1-22(12-6-7-13-22)14-16-15-24-20-11-5-4-9-18(20)17-8-2-3-10-19(17)21(24)23-16;1-22(10-4-5-11-22)15-16-8-9-20-19(14-16)17-6-2-3-7-18(17)21-23-12-13-24(20)21;1-2-7-13-11(5-1)12-6-3-4-8-14(12)17-10-9-16-15(13)17;1-4(6)3-5(2)7;;;;;/h4-5,8-11,13-14,17,19H,6-7,15-16,18H2,1-3H3;3-4,7,9-10,13,15H,5-6,11-12,14H2,1-2H3;2-5,8-9,11,15H,6-7,12-14H2,1H3;2-3,6,8-9,12-14H,4-5,10-11,15H2,1H3;1-6,8-10H;3,6H,1-2H3;;;;;/q5*-1;;;;;;. The van der Waals surface area contributed by atoms with Gasteiger partial charge < -0.3 is 27.1 Å². The van der Waals surface area contributed by atoms with E-state index in [-0.39, 0.29) is 112 Å². The predicted molar refractivity (Wildman–Crippen MR) is 533 cm³/mol. The minimum atomic E-state index is -0.125. The molecular formula is C117H111Ir5N10O2-5. The number of carbonyl (C=O) groups is 1. The number of ketones is 1. The van der Waals surface area contributed by atoms with Crippen LogP contribution in [-0.4, -0.2) is 57.8 Å². The number of fused-ring (bicyclic) bond motifs is 30. The summed E-state index contributed by atoms with van der Waals surface area (Å²) in [6, 6.07) is 92.8. The molecule has 12 nitrogen and oxygen atoms in total. The number of carbonyl (C=O) groups excluding carboxylic acids is 1. The van der Waals surface area contributed by atoms with E-state index in [1.807, 2.05) is 61.2 Å². The summed E-state index contributed by atoms with van der Waals surface area (Å²) in [4.78, 5) is 33.7. The molecule has 10 aromatic heterocycles. The number of hydrogen-bond donors (Lipinski definition) is 1. The van der Waals surface area contributed by atoms with Crippen LogP contribution < -0.4 is 0 Å². The first-order chi connectivity index (χ1) is 62.7. The Morgan fingerprint density at radius 2 is 0.709 bits per heavy atom. The van der Waals surface area contributed by atoms with Gasteiger partial charge in [0.1, 0.15) is 0 Å². The van der Waals surface area contributed by atoms with Crippen LogP contribution in [0, 0.1) is 72.8 Å². The van der Waals surface area contributed by atoms with Crippen molar-refractivity contribution in [1.29, 1.82) is 0 Å². The number of benzene rings is 11. The van der Waals surface area contributed by atoms with Gasteiger partial charge in [-0.2, -0.15) is 0 Å². The molecule has 21 aromatic rings. The smallest absolute Gasteiger partial charge is 0.155 e. The number of para-hydroxylation sites is 2. The zero-order valence-electron chi connectivity index (χ0n) is 77.5. The monoisotopic (exact) mass is 2650 g/mol. The number of pyridine rings is 5. The van der Waals surface area contributed by atoms with Gasteiger partial charge in [-0.1, -0.05) is 197 Å². The average Bonchev–Trinajstić information content (AvgIpc) is 1.58. The minimum absolute atomic E-state index is 0. The molecule has 134 heavy (non-hydrogen) atoms. The molecule has 0 atom stereocenters. The molecule has 4 fully saturated rings. The van der Waals surface area contributed by atoms with E-state index in [4.69, 9.17) is 20.1 Å². The summed E-state index contributed by atoms with van der Waals surface area (Å²) in [6.45, 7) is 19.1. The van der Waals surface area contributed by atoms with Gasteiger partial charge in [-0.15, -0.1) is 148 Å². The van der Waals surface area contributed by atoms with Crippen LogP contribution in [0.5, 0.6) is 0 Å². The van der Waals surface area contributed by atoms with Crippen molar-refractivity contribution in [2.75, 3.05) is 0 Å². The van der Waals surface area contributed by atoms with Crippen LogP contribution in [0.4, 0.5) is 0 Å². The number of aliphatic hydroxyl groups excluding tert-OH is 1. The van der Waals surface area contributed by atoms with E-state index >= 15 is 0 Å². The van der Waals surface area contributed by atoms with Gasteiger partial charge in [0.15, 0.2) is 5.78 Å². The third kappa shape index (κ3) is 19.7. The summed E-state index contributed by atoms with van der Waals surface area (Å²) < 4.78 is 11.2. The molecule has 0 saturated heterocycles. The average molecular weight is 2650 g/mol. The molecule has 4 saturated carbocycles. The van der Waals surface area contributed by atoms with Crippen molar-refractivity contribution in [2.45, 2.75) is 191 Å². The van der Waals surface area contributed by atoms with Gasteiger partial charge >= 0.3 is 0 Å². The van der Waals surface area contributed by atoms with Crippen LogP contribution in [0.2, 0.25) is 0 Å². The van der Waals surface area contributed by atoms with E-state index in [2.05, 4.69) is 305 Å². The summed E-state index contributed by atoms with van der Waals surface area (Å²) in [5.74, 6) is -0.0625. The summed E-state index contributed by atoms with van der Waals surface area (Å²) in [7, 11) is 0.